The van der Waals surface area contributed by atoms with E-state index in [9.17, 15) is 0 Å². The number of nitrogens with zero attached hydrogens (tertiary/aromatic N) is 3. The molecular formula is C13H15N5. The molecule has 1 aromatic carbocycles. The molecule has 0 amide bonds. The van der Waals surface area contributed by atoms with Gasteiger partial charge in [-0.15, -0.1) is 0 Å². The molecule has 2 heterocycles. The summed E-state index contributed by atoms with van der Waals surface area (Å²) in [4.78, 5) is 4.57. The molecule has 3 rings (SSSR count). The molecule has 18 heavy (non-hydrogen) atoms. The van der Waals surface area contributed by atoms with E-state index in [0.717, 1.165) is 34.7 Å². The predicted octanol–water partition coefficient (Wildman–Crippen LogP) is 2.34. The average molecular weight is 241 g/mol. The summed E-state index contributed by atoms with van der Waals surface area (Å²) in [6, 6.07) is 8.03. The van der Waals surface area contributed by atoms with Crippen LogP contribution in [0.4, 0.5) is 5.82 Å². The molecule has 0 atom stereocenters. The molecule has 0 aliphatic rings. The van der Waals surface area contributed by atoms with Crippen LogP contribution in [0.2, 0.25) is 0 Å². The molecule has 0 aliphatic carbocycles. The van der Waals surface area contributed by atoms with Crippen molar-refractivity contribution in [2.45, 2.75) is 20.4 Å². The lowest BCUT2D eigenvalue weighted by molar-refractivity contribution is 0.753. The normalized spacial score (nSPS) is 11.2. The van der Waals surface area contributed by atoms with Crippen molar-refractivity contribution in [2.24, 2.45) is 0 Å². The molecule has 0 saturated heterocycles. The van der Waals surface area contributed by atoms with Crippen molar-refractivity contribution in [3.63, 3.8) is 0 Å². The second-order valence-corrected chi connectivity index (χ2v) is 4.31. The lowest BCUT2D eigenvalue weighted by atomic mass is 10.1. The molecule has 5 nitrogen and oxygen atoms in total. The van der Waals surface area contributed by atoms with E-state index >= 15 is 0 Å². The highest BCUT2D eigenvalue weighted by atomic mass is 15.2. The van der Waals surface area contributed by atoms with Gasteiger partial charge in [0.1, 0.15) is 11.6 Å². The van der Waals surface area contributed by atoms with Crippen LogP contribution in [0.25, 0.3) is 22.3 Å². The summed E-state index contributed by atoms with van der Waals surface area (Å²) >= 11 is 0. The zero-order valence-electron chi connectivity index (χ0n) is 10.4. The van der Waals surface area contributed by atoms with Crippen LogP contribution in [-0.4, -0.2) is 19.7 Å². The maximum absolute atomic E-state index is 5.62. The number of nitrogens with two attached hydrogens (primary N) is 1. The van der Waals surface area contributed by atoms with Gasteiger partial charge in [-0.1, -0.05) is 6.07 Å². The number of benzene rings is 1. The maximum Gasteiger partial charge on any atom is 0.145 e. The van der Waals surface area contributed by atoms with E-state index in [0.29, 0.717) is 5.82 Å². The first-order valence-electron chi connectivity index (χ1n) is 5.97. The van der Waals surface area contributed by atoms with E-state index in [4.69, 9.17) is 5.73 Å². The van der Waals surface area contributed by atoms with Gasteiger partial charge >= 0.3 is 0 Å². The smallest absolute Gasteiger partial charge is 0.145 e. The van der Waals surface area contributed by atoms with Crippen LogP contribution in [0, 0.1) is 6.92 Å². The molecule has 0 fully saturated rings. The van der Waals surface area contributed by atoms with Gasteiger partial charge < -0.3 is 10.3 Å². The number of aryl methyl sites for hydroxylation is 2. The van der Waals surface area contributed by atoms with Crippen LogP contribution < -0.4 is 5.73 Å². The topological polar surface area (TPSA) is 72.5 Å². The molecule has 5 heteroatoms. The van der Waals surface area contributed by atoms with Crippen LogP contribution in [0.15, 0.2) is 24.3 Å². The number of nitrogen functional groups attached to an aromatic ring is 1. The minimum atomic E-state index is 0.500. The third kappa shape index (κ3) is 1.55. The van der Waals surface area contributed by atoms with Crippen molar-refractivity contribution in [3.8, 4) is 11.3 Å². The molecule has 0 spiro atoms. The zero-order valence-corrected chi connectivity index (χ0v) is 10.4. The number of anilines is 1. The Morgan fingerprint density at radius 1 is 1.33 bits per heavy atom. The Hall–Kier alpha value is -2.30. The fraction of sp³-hybridized carbons (Fsp3) is 0.231. The highest BCUT2D eigenvalue weighted by Gasteiger charge is 2.08. The molecule has 0 radical (unpaired) electrons. The van der Waals surface area contributed by atoms with Crippen LogP contribution in [-0.2, 0) is 6.54 Å². The Morgan fingerprint density at radius 2 is 2.17 bits per heavy atom. The SMILES string of the molecule is CCn1c(C)nc2cc(-c3cc(N)n[nH]3)ccc21. The number of H-pyrrole nitrogens is 1. The lowest BCUT2D eigenvalue weighted by Crippen LogP contribution is -1.95. The Kier molecular flexibility index (Phi) is 2.33. The molecule has 0 bridgehead atoms. The van der Waals surface area contributed by atoms with Gasteiger partial charge in [0.05, 0.1) is 16.7 Å². The van der Waals surface area contributed by atoms with Crippen molar-refractivity contribution in [1.82, 2.24) is 19.7 Å². The minimum absolute atomic E-state index is 0.500. The standard InChI is InChI=1S/C13H15N5/c1-3-18-8(2)15-11-6-9(4-5-12(11)18)10-7-13(14)17-16-10/h4-7H,3H2,1-2H3,(H3,14,16,17). The molecule has 3 aromatic rings. The van der Waals surface area contributed by atoms with Crippen LogP contribution in [0.3, 0.4) is 0 Å². The molecule has 2 aromatic heterocycles. The van der Waals surface area contributed by atoms with Gasteiger partial charge in [-0.05, 0) is 26.0 Å². The van der Waals surface area contributed by atoms with Gasteiger partial charge in [-0.3, -0.25) is 5.10 Å². The van der Waals surface area contributed by atoms with E-state index in [-0.39, 0.29) is 0 Å². The Bertz CT molecular complexity index is 707. The van der Waals surface area contributed by atoms with Crippen molar-refractivity contribution < 1.29 is 0 Å². The monoisotopic (exact) mass is 241 g/mol. The third-order valence-corrected chi connectivity index (χ3v) is 3.16. The summed E-state index contributed by atoms with van der Waals surface area (Å²) in [6.07, 6.45) is 0. The summed E-state index contributed by atoms with van der Waals surface area (Å²) in [5, 5.41) is 6.85. The van der Waals surface area contributed by atoms with Crippen LogP contribution in [0.1, 0.15) is 12.7 Å². The number of imidazole rings is 1. The Morgan fingerprint density at radius 3 is 2.83 bits per heavy atom. The number of aromatic amines is 1. The zero-order chi connectivity index (χ0) is 12.7. The van der Waals surface area contributed by atoms with Gasteiger partial charge in [0, 0.05) is 18.2 Å². The first-order valence-corrected chi connectivity index (χ1v) is 5.97. The first-order chi connectivity index (χ1) is 8.69. The Labute approximate surface area is 105 Å². The lowest BCUT2D eigenvalue weighted by Gasteiger charge is -2.02. The summed E-state index contributed by atoms with van der Waals surface area (Å²) in [5.41, 5.74) is 9.74. The van der Waals surface area contributed by atoms with Crippen LogP contribution >= 0.6 is 0 Å². The molecule has 0 unspecified atom stereocenters. The van der Waals surface area contributed by atoms with Crippen molar-refractivity contribution in [3.05, 3.63) is 30.1 Å². The first kappa shape index (κ1) is 10.8. The summed E-state index contributed by atoms with van der Waals surface area (Å²) in [6.45, 7) is 5.08. The molecule has 92 valence electrons. The number of rotatable bonds is 2. The highest BCUT2D eigenvalue weighted by Crippen LogP contribution is 2.24. The predicted molar refractivity (Wildman–Crippen MR) is 72.1 cm³/mol. The van der Waals surface area contributed by atoms with Gasteiger partial charge in [-0.2, -0.15) is 5.10 Å². The number of hydrogen-bond acceptors (Lipinski definition) is 3. The second kappa shape index (κ2) is 3.87. The van der Waals surface area contributed by atoms with Gasteiger partial charge in [0.25, 0.3) is 0 Å². The molecular weight excluding hydrogens is 226 g/mol. The van der Waals surface area contributed by atoms with E-state index < -0.39 is 0 Å². The van der Waals surface area contributed by atoms with E-state index in [1.807, 2.05) is 13.0 Å². The highest BCUT2D eigenvalue weighted by molar-refractivity contribution is 5.82. The third-order valence-electron chi connectivity index (χ3n) is 3.16. The maximum atomic E-state index is 5.62. The van der Waals surface area contributed by atoms with Gasteiger partial charge in [-0.25, -0.2) is 4.98 Å². The second-order valence-electron chi connectivity index (χ2n) is 4.31. The number of nitrogens with one attached hydrogen (secondary N) is 1. The van der Waals surface area contributed by atoms with E-state index in [2.05, 4.69) is 44.9 Å². The minimum Gasteiger partial charge on any atom is -0.382 e. The Balaban J connectivity index is 2.17. The number of fused-ring (bicyclic) bond motifs is 1. The summed E-state index contributed by atoms with van der Waals surface area (Å²) in [7, 11) is 0. The van der Waals surface area contributed by atoms with Gasteiger partial charge in [0.15, 0.2) is 0 Å². The largest absolute Gasteiger partial charge is 0.382 e. The molecule has 3 N–H and O–H groups in total. The van der Waals surface area contributed by atoms with Crippen molar-refractivity contribution in [1.29, 1.82) is 0 Å². The fourth-order valence-electron chi connectivity index (χ4n) is 2.30. The van der Waals surface area contributed by atoms with Crippen LogP contribution in [0.5, 0.6) is 0 Å². The number of aromatic nitrogens is 4. The molecule has 0 aliphatic heterocycles. The average Bonchev–Trinajstić information content (AvgIpc) is 2.90. The van der Waals surface area contributed by atoms with E-state index in [1.54, 1.807) is 0 Å². The fourth-order valence-corrected chi connectivity index (χ4v) is 2.30. The molecule has 0 saturated carbocycles. The summed E-state index contributed by atoms with van der Waals surface area (Å²) < 4.78 is 2.19. The summed E-state index contributed by atoms with van der Waals surface area (Å²) in [5.74, 6) is 1.54. The van der Waals surface area contributed by atoms with E-state index in [1.165, 1.54) is 0 Å². The van der Waals surface area contributed by atoms with Crippen molar-refractivity contribution >= 4 is 16.9 Å². The number of hydrogen-bond donors (Lipinski definition) is 2. The quantitative estimate of drug-likeness (QED) is 0.723. The van der Waals surface area contributed by atoms with Crippen molar-refractivity contribution in [2.75, 3.05) is 5.73 Å². The van der Waals surface area contributed by atoms with Gasteiger partial charge in [0.2, 0.25) is 0 Å².